The number of hydrogen-bond donors (Lipinski definition) is 1. The molecule has 2 aliphatic heterocycles. The first-order valence-corrected chi connectivity index (χ1v) is 7.60. The summed E-state index contributed by atoms with van der Waals surface area (Å²) in [7, 11) is 0. The fraction of sp³-hybridized carbons (Fsp3) is 0.562. The zero-order valence-electron chi connectivity index (χ0n) is 12.3. The first-order valence-electron chi connectivity index (χ1n) is 7.60. The van der Waals surface area contributed by atoms with E-state index in [1.165, 1.54) is 5.56 Å². The van der Waals surface area contributed by atoms with Crippen LogP contribution in [-0.4, -0.2) is 60.1 Å². The van der Waals surface area contributed by atoms with E-state index in [1.807, 2.05) is 23.1 Å². The maximum Gasteiger partial charge on any atom is 0.253 e. The summed E-state index contributed by atoms with van der Waals surface area (Å²) >= 11 is 0. The summed E-state index contributed by atoms with van der Waals surface area (Å²) in [5.41, 5.74) is 3.09. The van der Waals surface area contributed by atoms with Gasteiger partial charge in [0.25, 0.3) is 5.91 Å². The Labute approximate surface area is 125 Å². The van der Waals surface area contributed by atoms with Crippen molar-refractivity contribution < 1.29 is 14.6 Å². The van der Waals surface area contributed by atoms with Gasteiger partial charge in [-0.15, -0.1) is 0 Å². The van der Waals surface area contributed by atoms with Crippen LogP contribution in [0.3, 0.4) is 0 Å². The minimum absolute atomic E-state index is 0.107. The minimum atomic E-state index is 0.107. The summed E-state index contributed by atoms with van der Waals surface area (Å²) < 4.78 is 5.40. The highest BCUT2D eigenvalue weighted by molar-refractivity contribution is 5.94. The summed E-state index contributed by atoms with van der Waals surface area (Å²) in [5, 5.41) is 9.02. The summed E-state index contributed by atoms with van der Waals surface area (Å²) in [5.74, 6) is 0.107. The van der Waals surface area contributed by atoms with Crippen LogP contribution in [0.1, 0.15) is 27.9 Å². The van der Waals surface area contributed by atoms with Gasteiger partial charge in [0.05, 0.1) is 19.8 Å². The van der Waals surface area contributed by atoms with Crippen LogP contribution in [0.4, 0.5) is 0 Å². The Kier molecular flexibility index (Phi) is 4.53. The number of hydrogen-bond acceptors (Lipinski definition) is 4. The van der Waals surface area contributed by atoms with Crippen LogP contribution >= 0.6 is 0 Å². The number of rotatable bonds is 3. The zero-order valence-corrected chi connectivity index (χ0v) is 12.3. The zero-order chi connectivity index (χ0) is 14.7. The third-order valence-corrected chi connectivity index (χ3v) is 4.26. The van der Waals surface area contributed by atoms with Crippen molar-refractivity contribution in [3.63, 3.8) is 0 Å². The number of benzene rings is 1. The second-order valence-electron chi connectivity index (χ2n) is 5.69. The van der Waals surface area contributed by atoms with Gasteiger partial charge in [0, 0.05) is 31.7 Å². The van der Waals surface area contributed by atoms with Crippen LogP contribution in [0.25, 0.3) is 0 Å². The molecule has 1 fully saturated rings. The Morgan fingerprint density at radius 3 is 2.86 bits per heavy atom. The van der Waals surface area contributed by atoms with E-state index < -0.39 is 0 Å². The van der Waals surface area contributed by atoms with Crippen LogP contribution in [0.2, 0.25) is 0 Å². The summed E-state index contributed by atoms with van der Waals surface area (Å²) in [6.07, 6.45) is 0.958. The van der Waals surface area contributed by atoms with Crippen molar-refractivity contribution in [2.24, 2.45) is 0 Å². The van der Waals surface area contributed by atoms with Crippen molar-refractivity contribution in [3.8, 4) is 0 Å². The molecule has 0 aromatic heterocycles. The molecule has 1 N–H and O–H groups in total. The van der Waals surface area contributed by atoms with Gasteiger partial charge in [-0.3, -0.25) is 9.69 Å². The molecule has 0 saturated carbocycles. The number of fused-ring (bicyclic) bond motifs is 1. The number of carbonyl (C=O) groups is 1. The van der Waals surface area contributed by atoms with E-state index in [2.05, 4.69) is 4.90 Å². The van der Waals surface area contributed by atoms with Crippen molar-refractivity contribution in [1.82, 2.24) is 9.80 Å². The fourth-order valence-corrected chi connectivity index (χ4v) is 3.03. The first-order chi connectivity index (χ1) is 10.3. The highest BCUT2D eigenvalue weighted by Crippen LogP contribution is 2.21. The Balaban J connectivity index is 1.67. The van der Waals surface area contributed by atoms with E-state index in [1.54, 1.807) is 0 Å². The molecule has 2 heterocycles. The quantitative estimate of drug-likeness (QED) is 0.897. The van der Waals surface area contributed by atoms with Crippen LogP contribution in [0.15, 0.2) is 18.2 Å². The second-order valence-corrected chi connectivity index (χ2v) is 5.69. The van der Waals surface area contributed by atoms with Gasteiger partial charge in [0.2, 0.25) is 0 Å². The molecular weight excluding hydrogens is 268 g/mol. The Morgan fingerprint density at radius 1 is 1.14 bits per heavy atom. The number of aliphatic hydroxyl groups excluding tert-OH is 1. The predicted octanol–water partition coefficient (Wildman–Crippen LogP) is 0.857. The molecule has 0 atom stereocenters. The summed E-state index contributed by atoms with van der Waals surface area (Å²) in [4.78, 5) is 16.8. The van der Waals surface area contributed by atoms with Crippen molar-refractivity contribution in [2.75, 3.05) is 39.3 Å². The van der Waals surface area contributed by atoms with Crippen molar-refractivity contribution in [1.29, 1.82) is 0 Å². The first kappa shape index (κ1) is 14.5. The predicted molar refractivity (Wildman–Crippen MR) is 79.0 cm³/mol. The molecule has 0 bridgehead atoms. The van der Waals surface area contributed by atoms with Crippen LogP contribution in [0, 0.1) is 0 Å². The highest BCUT2D eigenvalue weighted by atomic mass is 16.5. The van der Waals surface area contributed by atoms with E-state index in [9.17, 15) is 4.79 Å². The molecule has 0 aliphatic carbocycles. The lowest BCUT2D eigenvalue weighted by Gasteiger charge is -2.21. The molecule has 3 rings (SSSR count). The van der Waals surface area contributed by atoms with Gasteiger partial charge >= 0.3 is 0 Å². The molecule has 0 spiro atoms. The highest BCUT2D eigenvalue weighted by Gasteiger charge is 2.21. The van der Waals surface area contributed by atoms with Crippen molar-refractivity contribution >= 4 is 5.91 Å². The molecule has 0 radical (unpaired) electrons. The van der Waals surface area contributed by atoms with Crippen LogP contribution in [-0.2, 0) is 18.0 Å². The molecule has 2 aliphatic rings. The van der Waals surface area contributed by atoms with Gasteiger partial charge in [-0.25, -0.2) is 0 Å². The maximum atomic E-state index is 12.6. The Morgan fingerprint density at radius 2 is 2.00 bits per heavy atom. The van der Waals surface area contributed by atoms with Gasteiger partial charge < -0.3 is 14.7 Å². The third kappa shape index (κ3) is 3.26. The molecule has 1 amide bonds. The molecule has 1 saturated heterocycles. The molecular formula is C16H22N2O3. The molecule has 1 aromatic carbocycles. The number of carbonyl (C=O) groups excluding carboxylic acids is 1. The Bertz CT molecular complexity index is 518. The average Bonchev–Trinajstić information content (AvgIpc) is 2.85. The van der Waals surface area contributed by atoms with Gasteiger partial charge in [0.15, 0.2) is 0 Å². The largest absolute Gasteiger partial charge is 0.395 e. The molecule has 0 unspecified atom stereocenters. The van der Waals surface area contributed by atoms with Gasteiger partial charge in [0.1, 0.15) is 0 Å². The van der Waals surface area contributed by atoms with E-state index in [-0.39, 0.29) is 12.5 Å². The Hall–Kier alpha value is -1.43. The normalized spacial score (nSPS) is 19.4. The maximum absolute atomic E-state index is 12.6. The lowest BCUT2D eigenvalue weighted by molar-refractivity contribution is 0.0760. The lowest BCUT2D eigenvalue weighted by Crippen LogP contribution is -2.36. The molecule has 114 valence electrons. The molecule has 21 heavy (non-hydrogen) atoms. The third-order valence-electron chi connectivity index (χ3n) is 4.26. The average molecular weight is 290 g/mol. The summed E-state index contributed by atoms with van der Waals surface area (Å²) in [6, 6.07) is 5.89. The van der Waals surface area contributed by atoms with Gasteiger partial charge in [-0.1, -0.05) is 6.07 Å². The fourth-order valence-electron chi connectivity index (χ4n) is 3.03. The van der Waals surface area contributed by atoms with E-state index in [0.29, 0.717) is 19.8 Å². The minimum Gasteiger partial charge on any atom is -0.395 e. The van der Waals surface area contributed by atoms with Gasteiger partial charge in [-0.2, -0.15) is 0 Å². The number of β-amino-alcohol motifs (C(OH)–C–C–N with tert-alkyl or cyclic N) is 1. The van der Waals surface area contributed by atoms with Crippen LogP contribution in [0.5, 0.6) is 0 Å². The number of amides is 1. The summed E-state index contributed by atoms with van der Waals surface area (Å²) in [6.45, 7) is 5.44. The number of aliphatic hydroxyl groups is 1. The standard InChI is InChI=1S/C16H22N2O3/c19-9-8-17-4-1-5-18(7-6-17)16(20)13-2-3-14-11-21-12-15(14)10-13/h2-3,10,19H,1,4-9,11-12H2. The molecule has 5 nitrogen and oxygen atoms in total. The van der Waals surface area contributed by atoms with E-state index in [0.717, 1.165) is 43.7 Å². The van der Waals surface area contributed by atoms with E-state index in [4.69, 9.17) is 9.84 Å². The van der Waals surface area contributed by atoms with Gasteiger partial charge in [-0.05, 0) is 36.2 Å². The topological polar surface area (TPSA) is 53.0 Å². The molecule has 1 aromatic rings. The smallest absolute Gasteiger partial charge is 0.253 e. The number of ether oxygens (including phenoxy) is 1. The number of nitrogens with zero attached hydrogens (tertiary/aromatic N) is 2. The SMILES string of the molecule is O=C(c1ccc2c(c1)COC2)N1CCCN(CCO)CC1. The molecule has 5 heteroatoms. The lowest BCUT2D eigenvalue weighted by atomic mass is 10.1. The van der Waals surface area contributed by atoms with E-state index >= 15 is 0 Å². The van der Waals surface area contributed by atoms with Crippen molar-refractivity contribution in [2.45, 2.75) is 19.6 Å². The van der Waals surface area contributed by atoms with Crippen molar-refractivity contribution in [3.05, 3.63) is 34.9 Å². The van der Waals surface area contributed by atoms with Crippen LogP contribution < -0.4 is 0 Å². The second kappa shape index (κ2) is 6.56. The monoisotopic (exact) mass is 290 g/mol.